The van der Waals surface area contributed by atoms with Crippen LogP contribution in [0.2, 0.25) is 0 Å². The number of para-hydroxylation sites is 1. The fourth-order valence-corrected chi connectivity index (χ4v) is 5.11. The van der Waals surface area contributed by atoms with E-state index in [1.807, 2.05) is 116 Å². The van der Waals surface area contributed by atoms with Crippen LogP contribution in [0.25, 0.3) is 12.2 Å². The molecule has 0 saturated carbocycles. The van der Waals surface area contributed by atoms with Gasteiger partial charge in [0.25, 0.3) is 11.5 Å². The van der Waals surface area contributed by atoms with E-state index in [-0.39, 0.29) is 11.5 Å². The number of rotatable bonds is 5. The van der Waals surface area contributed by atoms with E-state index in [0.717, 1.165) is 11.1 Å². The maximum Gasteiger partial charge on any atom is 0.271 e. The Bertz CT molecular complexity index is 1600. The van der Waals surface area contributed by atoms with Crippen LogP contribution in [0.15, 0.2) is 118 Å². The third-order valence-corrected chi connectivity index (χ3v) is 6.75. The van der Waals surface area contributed by atoms with Gasteiger partial charge in [0, 0.05) is 5.69 Å². The summed E-state index contributed by atoms with van der Waals surface area (Å²) in [4.78, 5) is 32.3. The number of carbonyl (C=O) groups is 1. The fraction of sp³-hybridized carbons (Fsp3) is 0.0690. The lowest BCUT2D eigenvalue weighted by Crippen LogP contribution is -2.40. The zero-order valence-electron chi connectivity index (χ0n) is 19.1. The molecular formula is C29H23N3O2S. The summed E-state index contributed by atoms with van der Waals surface area (Å²) < 4.78 is 2.20. The molecule has 1 N–H and O–H groups in total. The monoisotopic (exact) mass is 477 g/mol. The molecule has 0 fully saturated rings. The molecule has 172 valence electrons. The summed E-state index contributed by atoms with van der Waals surface area (Å²) in [6, 6.07) is 28.2. The molecule has 0 bridgehead atoms. The first kappa shape index (κ1) is 22.5. The van der Waals surface area contributed by atoms with Gasteiger partial charge in [-0.05, 0) is 36.3 Å². The first-order valence-electron chi connectivity index (χ1n) is 11.3. The number of aromatic nitrogens is 1. The van der Waals surface area contributed by atoms with Gasteiger partial charge in [-0.2, -0.15) is 0 Å². The molecule has 3 aromatic carbocycles. The number of anilines is 1. The van der Waals surface area contributed by atoms with Crippen LogP contribution in [0, 0.1) is 0 Å². The number of hydrogen-bond acceptors (Lipinski definition) is 4. The molecule has 35 heavy (non-hydrogen) atoms. The van der Waals surface area contributed by atoms with Gasteiger partial charge in [-0.25, -0.2) is 4.99 Å². The summed E-state index contributed by atoms with van der Waals surface area (Å²) in [5.41, 5.74) is 3.48. The molecular weight excluding hydrogens is 454 g/mol. The second-order valence-corrected chi connectivity index (χ2v) is 9.11. The number of hydrogen-bond donors (Lipinski definition) is 1. The second kappa shape index (κ2) is 9.91. The summed E-state index contributed by atoms with van der Waals surface area (Å²) in [6.45, 7) is 1.82. The molecule has 1 amide bonds. The van der Waals surface area contributed by atoms with Crippen molar-refractivity contribution in [1.82, 2.24) is 4.57 Å². The minimum Gasteiger partial charge on any atom is -0.322 e. The summed E-state index contributed by atoms with van der Waals surface area (Å²) in [5, 5.41) is 2.96. The largest absolute Gasteiger partial charge is 0.322 e. The number of nitrogens with one attached hydrogen (secondary N) is 1. The molecule has 0 saturated heterocycles. The van der Waals surface area contributed by atoms with Gasteiger partial charge in [-0.15, -0.1) is 0 Å². The Labute approximate surface area is 206 Å². The third-order valence-electron chi connectivity index (χ3n) is 5.75. The lowest BCUT2D eigenvalue weighted by molar-refractivity contribution is -0.113. The van der Waals surface area contributed by atoms with Crippen molar-refractivity contribution < 1.29 is 4.79 Å². The Balaban J connectivity index is 1.60. The van der Waals surface area contributed by atoms with Crippen molar-refractivity contribution in [3.63, 3.8) is 0 Å². The Morgan fingerprint density at radius 1 is 0.943 bits per heavy atom. The molecule has 1 atom stereocenters. The van der Waals surface area contributed by atoms with E-state index < -0.39 is 6.04 Å². The van der Waals surface area contributed by atoms with Gasteiger partial charge in [-0.1, -0.05) is 102 Å². The van der Waals surface area contributed by atoms with Crippen LogP contribution in [-0.2, 0) is 4.79 Å². The molecule has 0 aliphatic carbocycles. The lowest BCUT2D eigenvalue weighted by atomic mass is 9.95. The van der Waals surface area contributed by atoms with Crippen LogP contribution < -0.4 is 20.2 Å². The molecule has 5 rings (SSSR count). The summed E-state index contributed by atoms with van der Waals surface area (Å²) >= 11 is 1.33. The van der Waals surface area contributed by atoms with Gasteiger partial charge in [0.2, 0.25) is 0 Å². The Kier molecular flexibility index (Phi) is 6.37. The summed E-state index contributed by atoms with van der Waals surface area (Å²) in [7, 11) is 0. The van der Waals surface area contributed by atoms with Crippen molar-refractivity contribution in [3.8, 4) is 0 Å². The van der Waals surface area contributed by atoms with Crippen molar-refractivity contribution in [2.24, 2.45) is 4.99 Å². The number of carbonyl (C=O) groups excluding carboxylic acids is 1. The number of thiazole rings is 1. The van der Waals surface area contributed by atoms with E-state index in [0.29, 0.717) is 26.3 Å². The van der Waals surface area contributed by atoms with E-state index in [9.17, 15) is 9.59 Å². The maximum atomic E-state index is 13.6. The first-order chi connectivity index (χ1) is 17.1. The number of allylic oxidation sites excluding steroid dienone is 2. The predicted molar refractivity (Wildman–Crippen MR) is 142 cm³/mol. The number of amides is 1. The summed E-state index contributed by atoms with van der Waals surface area (Å²) in [5.74, 6) is -0.274. The van der Waals surface area contributed by atoms with E-state index in [1.165, 1.54) is 11.3 Å². The minimum atomic E-state index is -0.573. The van der Waals surface area contributed by atoms with Crippen molar-refractivity contribution in [1.29, 1.82) is 0 Å². The zero-order valence-corrected chi connectivity index (χ0v) is 19.9. The van der Waals surface area contributed by atoms with Gasteiger partial charge < -0.3 is 5.32 Å². The van der Waals surface area contributed by atoms with E-state index >= 15 is 0 Å². The molecule has 0 spiro atoms. The molecule has 4 aromatic rings. The highest BCUT2D eigenvalue weighted by atomic mass is 32.1. The minimum absolute atomic E-state index is 0.169. The fourth-order valence-electron chi connectivity index (χ4n) is 4.11. The predicted octanol–water partition coefficient (Wildman–Crippen LogP) is 4.54. The van der Waals surface area contributed by atoms with Crippen LogP contribution in [0.4, 0.5) is 5.69 Å². The van der Waals surface area contributed by atoms with Crippen molar-refractivity contribution in [3.05, 3.63) is 139 Å². The standard InChI is InChI=1S/C29H23N3O2S/c1-20-25(27(33)31-23-17-9-4-10-18-23)26(22-15-7-3-8-16-22)32-28(34)24(35-29(32)30-20)19-11-14-21-12-5-2-6-13-21/h2-19,26H,1H3,(H,31,33)/b14-11+,24-19-/t26-/m1/s1. The molecule has 0 radical (unpaired) electrons. The highest BCUT2D eigenvalue weighted by molar-refractivity contribution is 7.07. The molecule has 6 heteroatoms. The SMILES string of the molecule is CC1=C(C(=O)Nc2ccccc2)[C@@H](c2ccccc2)n2c(s/c(=C\C=C\c3ccccc3)c2=O)=N1. The van der Waals surface area contributed by atoms with Crippen LogP contribution in [0.5, 0.6) is 0 Å². The third kappa shape index (κ3) is 4.69. The Morgan fingerprint density at radius 3 is 2.26 bits per heavy atom. The Hall–Kier alpha value is -4.29. The highest BCUT2D eigenvalue weighted by Gasteiger charge is 2.32. The molecule has 0 unspecified atom stereocenters. The quantitative estimate of drug-likeness (QED) is 0.459. The smallest absolute Gasteiger partial charge is 0.271 e. The van der Waals surface area contributed by atoms with Crippen molar-refractivity contribution in [2.45, 2.75) is 13.0 Å². The molecule has 1 aliphatic rings. The van der Waals surface area contributed by atoms with Gasteiger partial charge in [0.15, 0.2) is 4.80 Å². The van der Waals surface area contributed by atoms with Gasteiger partial charge in [0.05, 0.1) is 21.8 Å². The normalized spacial score (nSPS) is 15.7. The first-order valence-corrected chi connectivity index (χ1v) is 12.1. The molecule has 1 aliphatic heterocycles. The second-order valence-electron chi connectivity index (χ2n) is 8.10. The molecule has 5 nitrogen and oxygen atoms in total. The van der Waals surface area contributed by atoms with E-state index in [4.69, 9.17) is 0 Å². The molecule has 2 heterocycles. The number of nitrogens with zero attached hydrogens (tertiary/aromatic N) is 2. The Morgan fingerprint density at radius 2 is 1.57 bits per heavy atom. The molecule has 1 aromatic heterocycles. The average molecular weight is 478 g/mol. The van der Waals surface area contributed by atoms with Crippen LogP contribution in [0.3, 0.4) is 0 Å². The topological polar surface area (TPSA) is 63.5 Å². The van der Waals surface area contributed by atoms with Crippen molar-refractivity contribution in [2.75, 3.05) is 5.32 Å². The van der Waals surface area contributed by atoms with Crippen LogP contribution in [-0.4, -0.2) is 10.5 Å². The van der Waals surface area contributed by atoms with Crippen LogP contribution in [0.1, 0.15) is 24.1 Å². The van der Waals surface area contributed by atoms with E-state index in [2.05, 4.69) is 10.3 Å². The number of benzene rings is 3. The van der Waals surface area contributed by atoms with Gasteiger partial charge in [0.1, 0.15) is 0 Å². The van der Waals surface area contributed by atoms with Gasteiger partial charge >= 0.3 is 0 Å². The zero-order chi connectivity index (χ0) is 24.2. The van der Waals surface area contributed by atoms with Crippen molar-refractivity contribution >= 4 is 35.1 Å². The van der Waals surface area contributed by atoms with Crippen LogP contribution >= 0.6 is 11.3 Å². The number of fused-ring (bicyclic) bond motifs is 1. The lowest BCUT2D eigenvalue weighted by Gasteiger charge is -2.25. The van der Waals surface area contributed by atoms with E-state index in [1.54, 1.807) is 4.57 Å². The summed E-state index contributed by atoms with van der Waals surface area (Å²) in [6.07, 6.45) is 5.63. The highest BCUT2D eigenvalue weighted by Crippen LogP contribution is 2.30. The average Bonchev–Trinajstić information content (AvgIpc) is 3.19. The maximum absolute atomic E-state index is 13.6. The van der Waals surface area contributed by atoms with Gasteiger partial charge in [-0.3, -0.25) is 14.2 Å².